The highest BCUT2D eigenvalue weighted by Crippen LogP contribution is 2.34. The quantitative estimate of drug-likeness (QED) is 0.743. The molecule has 1 atom stereocenters. The van der Waals surface area contributed by atoms with E-state index in [1.165, 1.54) is 12.1 Å². The summed E-state index contributed by atoms with van der Waals surface area (Å²) < 4.78 is 13.3. The first-order chi connectivity index (χ1) is 15.5. The highest BCUT2D eigenvalue weighted by molar-refractivity contribution is 5.96. The largest absolute Gasteiger partial charge is 0.373 e. The summed E-state index contributed by atoms with van der Waals surface area (Å²) in [7, 11) is 1.83. The maximum atomic E-state index is 13.3. The lowest BCUT2D eigenvalue weighted by atomic mass is 9.95. The van der Waals surface area contributed by atoms with Crippen molar-refractivity contribution < 1.29 is 14.0 Å². The number of hydrogen-bond acceptors (Lipinski definition) is 5. The lowest BCUT2D eigenvalue weighted by Crippen LogP contribution is -2.38. The summed E-state index contributed by atoms with van der Waals surface area (Å²) in [5.74, 6) is 1.57. The molecule has 0 spiro atoms. The second kappa shape index (κ2) is 9.63. The van der Waals surface area contributed by atoms with E-state index < -0.39 is 0 Å². The number of rotatable bonds is 6. The lowest BCUT2D eigenvalue weighted by Gasteiger charge is -2.31. The Kier molecular flexibility index (Phi) is 6.67. The lowest BCUT2D eigenvalue weighted by molar-refractivity contribution is -0.132. The minimum atomic E-state index is -0.321. The number of carbonyl (C=O) groups is 2. The minimum Gasteiger partial charge on any atom is -0.373 e. The van der Waals surface area contributed by atoms with Crippen molar-refractivity contribution in [3.05, 3.63) is 47.7 Å². The SMILES string of the molecule is CCCC(=O)N1CCC(c2nc(NC)cc(C3CC(=O)N(c4ccc(F)cc4)C3)n2)CC1. The molecule has 170 valence electrons. The summed E-state index contributed by atoms with van der Waals surface area (Å²) in [6, 6.07) is 7.92. The van der Waals surface area contributed by atoms with Crippen molar-refractivity contribution in [1.82, 2.24) is 14.9 Å². The number of carbonyl (C=O) groups excluding carboxylic acids is 2. The zero-order valence-electron chi connectivity index (χ0n) is 18.7. The van der Waals surface area contributed by atoms with Crippen LogP contribution in [-0.2, 0) is 9.59 Å². The summed E-state index contributed by atoms with van der Waals surface area (Å²) >= 11 is 0. The molecule has 2 amide bonds. The van der Waals surface area contributed by atoms with Gasteiger partial charge >= 0.3 is 0 Å². The number of benzene rings is 1. The molecule has 0 aliphatic carbocycles. The van der Waals surface area contributed by atoms with Crippen molar-refractivity contribution in [2.24, 2.45) is 0 Å². The van der Waals surface area contributed by atoms with Crippen LogP contribution in [0, 0.1) is 5.82 Å². The van der Waals surface area contributed by atoms with Gasteiger partial charge in [-0.2, -0.15) is 0 Å². The maximum absolute atomic E-state index is 13.3. The number of likely N-dealkylation sites (tertiary alicyclic amines) is 1. The van der Waals surface area contributed by atoms with Gasteiger partial charge in [0.2, 0.25) is 11.8 Å². The van der Waals surface area contributed by atoms with E-state index >= 15 is 0 Å². The molecule has 2 fully saturated rings. The highest BCUT2D eigenvalue weighted by Gasteiger charge is 2.34. The molecule has 2 saturated heterocycles. The minimum absolute atomic E-state index is 0.00974. The van der Waals surface area contributed by atoms with E-state index in [0.29, 0.717) is 25.1 Å². The Hall–Kier alpha value is -3.03. The fraction of sp³-hybridized carbons (Fsp3) is 0.500. The van der Waals surface area contributed by atoms with Crippen molar-refractivity contribution in [1.29, 1.82) is 0 Å². The van der Waals surface area contributed by atoms with Gasteiger partial charge in [-0.15, -0.1) is 0 Å². The predicted octanol–water partition coefficient (Wildman–Crippen LogP) is 3.68. The monoisotopic (exact) mass is 439 g/mol. The fourth-order valence-corrected chi connectivity index (χ4v) is 4.54. The predicted molar refractivity (Wildman–Crippen MR) is 121 cm³/mol. The van der Waals surface area contributed by atoms with Crippen molar-refractivity contribution in [2.45, 2.75) is 50.9 Å². The Morgan fingerprint density at radius 3 is 2.53 bits per heavy atom. The van der Waals surface area contributed by atoms with E-state index in [1.54, 1.807) is 17.0 Å². The van der Waals surface area contributed by atoms with Crippen LogP contribution >= 0.6 is 0 Å². The van der Waals surface area contributed by atoms with Crippen LogP contribution in [-0.4, -0.2) is 53.4 Å². The number of nitrogens with one attached hydrogen (secondary N) is 1. The fourth-order valence-electron chi connectivity index (χ4n) is 4.54. The van der Waals surface area contributed by atoms with Crippen molar-refractivity contribution in [2.75, 3.05) is 36.9 Å². The van der Waals surface area contributed by atoms with Crippen LogP contribution in [0.4, 0.5) is 15.9 Å². The summed E-state index contributed by atoms with van der Waals surface area (Å²) in [4.78, 5) is 38.1. The van der Waals surface area contributed by atoms with Gasteiger partial charge in [-0.3, -0.25) is 9.59 Å². The van der Waals surface area contributed by atoms with Crippen LogP contribution in [0.15, 0.2) is 30.3 Å². The molecule has 4 rings (SSSR count). The summed E-state index contributed by atoms with van der Waals surface area (Å²) in [6.07, 6.45) is 3.51. The van der Waals surface area contributed by atoms with Gasteiger partial charge in [-0.05, 0) is 43.5 Å². The molecule has 32 heavy (non-hydrogen) atoms. The summed E-state index contributed by atoms with van der Waals surface area (Å²) in [6.45, 7) is 3.99. The molecule has 1 N–H and O–H groups in total. The van der Waals surface area contributed by atoms with Gasteiger partial charge in [0.25, 0.3) is 0 Å². The molecule has 3 heterocycles. The molecule has 0 saturated carbocycles. The van der Waals surface area contributed by atoms with E-state index in [-0.39, 0.29) is 29.5 Å². The Morgan fingerprint density at radius 1 is 1.16 bits per heavy atom. The molecular formula is C24H30FN5O2. The summed E-state index contributed by atoms with van der Waals surface area (Å²) in [5.41, 5.74) is 1.55. The van der Waals surface area contributed by atoms with Crippen LogP contribution in [0.5, 0.6) is 0 Å². The number of aromatic nitrogens is 2. The van der Waals surface area contributed by atoms with Gasteiger partial charge in [0, 0.05) is 63.1 Å². The van der Waals surface area contributed by atoms with E-state index in [9.17, 15) is 14.0 Å². The molecule has 0 radical (unpaired) electrons. The van der Waals surface area contributed by atoms with Crippen molar-refractivity contribution in [3.63, 3.8) is 0 Å². The second-order valence-corrected chi connectivity index (χ2v) is 8.57. The normalized spacial score (nSPS) is 19.5. The molecule has 7 nitrogen and oxygen atoms in total. The van der Waals surface area contributed by atoms with E-state index in [1.807, 2.05) is 24.9 Å². The third-order valence-electron chi connectivity index (χ3n) is 6.38. The molecular weight excluding hydrogens is 409 g/mol. The van der Waals surface area contributed by atoms with Crippen LogP contribution in [0.3, 0.4) is 0 Å². The number of nitrogens with zero attached hydrogens (tertiary/aromatic N) is 4. The molecule has 0 bridgehead atoms. The van der Waals surface area contributed by atoms with Gasteiger partial charge in [0.15, 0.2) is 0 Å². The van der Waals surface area contributed by atoms with Crippen LogP contribution in [0.1, 0.15) is 62.4 Å². The average molecular weight is 440 g/mol. The Bertz CT molecular complexity index is 973. The van der Waals surface area contributed by atoms with E-state index in [4.69, 9.17) is 9.97 Å². The highest BCUT2D eigenvalue weighted by atomic mass is 19.1. The summed E-state index contributed by atoms with van der Waals surface area (Å²) in [5, 5.41) is 3.12. The standard InChI is InChI=1S/C24H30FN5O2/c1-3-4-22(31)29-11-9-16(10-12-29)24-27-20(14-21(26-2)28-24)17-13-23(32)30(15-17)19-7-5-18(25)6-8-19/h5-8,14,16-17H,3-4,9-13,15H2,1-2H3,(H,26,27,28). The van der Waals surface area contributed by atoms with Crippen LogP contribution < -0.4 is 10.2 Å². The molecule has 1 unspecified atom stereocenters. The molecule has 2 aromatic rings. The number of halogens is 1. The Labute approximate surface area is 188 Å². The average Bonchev–Trinajstić information content (AvgIpc) is 3.21. The smallest absolute Gasteiger partial charge is 0.227 e. The van der Waals surface area contributed by atoms with Gasteiger partial charge < -0.3 is 15.1 Å². The molecule has 1 aromatic heterocycles. The second-order valence-electron chi connectivity index (χ2n) is 8.57. The van der Waals surface area contributed by atoms with Crippen molar-refractivity contribution >= 4 is 23.3 Å². The van der Waals surface area contributed by atoms with Crippen molar-refractivity contribution in [3.8, 4) is 0 Å². The van der Waals surface area contributed by atoms with E-state index in [2.05, 4.69) is 5.32 Å². The number of hydrogen-bond donors (Lipinski definition) is 1. The third-order valence-corrected chi connectivity index (χ3v) is 6.38. The first-order valence-corrected chi connectivity index (χ1v) is 11.4. The molecule has 8 heteroatoms. The number of amides is 2. The van der Waals surface area contributed by atoms with Gasteiger partial charge in [-0.25, -0.2) is 14.4 Å². The van der Waals surface area contributed by atoms with Crippen LogP contribution in [0.25, 0.3) is 0 Å². The molecule has 1 aromatic carbocycles. The van der Waals surface area contributed by atoms with Gasteiger partial charge in [0.05, 0.1) is 5.69 Å². The van der Waals surface area contributed by atoms with E-state index in [0.717, 1.165) is 49.7 Å². The zero-order chi connectivity index (χ0) is 22.7. The van der Waals surface area contributed by atoms with Gasteiger partial charge in [-0.1, -0.05) is 6.92 Å². The topological polar surface area (TPSA) is 78.4 Å². The maximum Gasteiger partial charge on any atom is 0.227 e. The third kappa shape index (κ3) is 4.74. The number of anilines is 2. The first-order valence-electron chi connectivity index (χ1n) is 11.4. The molecule has 2 aliphatic heterocycles. The van der Waals surface area contributed by atoms with Gasteiger partial charge in [0.1, 0.15) is 17.5 Å². The Morgan fingerprint density at radius 2 is 1.88 bits per heavy atom. The number of piperidine rings is 1. The Balaban J connectivity index is 1.50. The zero-order valence-corrected chi connectivity index (χ0v) is 18.7. The molecule has 2 aliphatic rings. The van der Waals surface area contributed by atoms with Crippen LogP contribution in [0.2, 0.25) is 0 Å². The first kappa shape index (κ1) is 22.2.